The van der Waals surface area contributed by atoms with Crippen molar-refractivity contribution >= 4 is 49.8 Å². The Labute approximate surface area is 216 Å². The largest absolute Gasteiger partial charge is 0.494 e. The maximum atomic E-state index is 13.7. The summed E-state index contributed by atoms with van der Waals surface area (Å²) in [6.45, 7) is 4.23. The van der Waals surface area contributed by atoms with Gasteiger partial charge in [-0.3, -0.25) is 9.59 Å². The maximum Gasteiger partial charge on any atom is 0.359 e. The van der Waals surface area contributed by atoms with Gasteiger partial charge in [0.15, 0.2) is 5.69 Å². The number of esters is 1. The highest BCUT2D eigenvalue weighted by molar-refractivity contribution is 7.16. The molecule has 2 aromatic heterocycles. The second-order valence-electron chi connectivity index (χ2n) is 8.05. The summed E-state index contributed by atoms with van der Waals surface area (Å²) < 4.78 is 11.8. The van der Waals surface area contributed by atoms with Crippen LogP contribution in [-0.4, -0.2) is 34.9 Å². The predicted octanol–water partition coefficient (Wildman–Crippen LogP) is 5.43. The van der Waals surface area contributed by atoms with Crippen LogP contribution in [0.1, 0.15) is 34.7 Å². The van der Waals surface area contributed by atoms with E-state index in [9.17, 15) is 14.4 Å². The molecule has 0 saturated carbocycles. The van der Waals surface area contributed by atoms with Gasteiger partial charge in [-0.25, -0.2) is 4.79 Å². The molecule has 2 heterocycles. The molecule has 0 atom stereocenters. The number of fused-ring (bicyclic) bond motifs is 2. The Morgan fingerprint density at radius 3 is 2.46 bits per heavy atom. The maximum absolute atomic E-state index is 13.7. The highest BCUT2D eigenvalue weighted by Crippen LogP contribution is 2.32. The van der Waals surface area contributed by atoms with Crippen LogP contribution in [0.2, 0.25) is 0 Å². The van der Waals surface area contributed by atoms with Gasteiger partial charge in [0.2, 0.25) is 0 Å². The van der Waals surface area contributed by atoms with E-state index < -0.39 is 11.5 Å². The van der Waals surface area contributed by atoms with Crippen molar-refractivity contribution in [2.24, 2.45) is 0 Å². The normalized spacial score (nSPS) is 11.0. The number of ether oxygens (including phenoxy) is 2. The van der Waals surface area contributed by atoms with E-state index in [0.29, 0.717) is 34.0 Å². The molecule has 37 heavy (non-hydrogen) atoms. The summed E-state index contributed by atoms with van der Waals surface area (Å²) >= 11 is 1.15. The van der Waals surface area contributed by atoms with Gasteiger partial charge in [-0.15, -0.1) is 11.3 Å². The Balaban J connectivity index is 1.63. The van der Waals surface area contributed by atoms with E-state index in [2.05, 4.69) is 10.4 Å². The number of thiophene rings is 1. The van der Waals surface area contributed by atoms with E-state index in [1.807, 2.05) is 43.3 Å². The minimum absolute atomic E-state index is 0.00718. The Hall–Kier alpha value is -4.50. The molecule has 0 aliphatic heterocycles. The van der Waals surface area contributed by atoms with Crippen molar-refractivity contribution in [1.29, 1.82) is 0 Å². The molecule has 0 fully saturated rings. The predicted molar refractivity (Wildman–Crippen MR) is 144 cm³/mol. The van der Waals surface area contributed by atoms with Gasteiger partial charge in [0.05, 0.1) is 24.3 Å². The SMILES string of the molecule is CCOC(=O)c1nn(-c2ccc(OCC)cc2)c(=O)c2c(NC(=O)c3cccc4ccccc34)scc12. The van der Waals surface area contributed by atoms with E-state index in [1.165, 1.54) is 0 Å². The number of benzene rings is 3. The summed E-state index contributed by atoms with van der Waals surface area (Å²) in [5, 5.41) is 11.4. The Morgan fingerprint density at radius 1 is 0.946 bits per heavy atom. The van der Waals surface area contributed by atoms with Crippen LogP contribution in [-0.2, 0) is 4.74 Å². The molecular weight excluding hydrogens is 490 g/mol. The fourth-order valence-electron chi connectivity index (χ4n) is 4.11. The number of carbonyl (C=O) groups is 2. The van der Waals surface area contributed by atoms with Gasteiger partial charge in [0, 0.05) is 16.3 Å². The molecule has 5 aromatic rings. The summed E-state index contributed by atoms with van der Waals surface area (Å²) in [7, 11) is 0. The zero-order valence-corrected chi connectivity index (χ0v) is 21.0. The third-order valence-corrected chi connectivity index (χ3v) is 6.67. The highest BCUT2D eigenvalue weighted by Gasteiger charge is 2.23. The fraction of sp³-hybridized carbons (Fsp3) is 0.143. The van der Waals surface area contributed by atoms with Gasteiger partial charge < -0.3 is 14.8 Å². The van der Waals surface area contributed by atoms with Crippen LogP contribution in [0.3, 0.4) is 0 Å². The zero-order chi connectivity index (χ0) is 25.9. The third kappa shape index (κ3) is 4.56. The second kappa shape index (κ2) is 10.2. The lowest BCUT2D eigenvalue weighted by molar-refractivity contribution is 0.0520. The number of hydrogen-bond donors (Lipinski definition) is 1. The first-order valence-corrected chi connectivity index (χ1v) is 12.6. The number of nitrogens with one attached hydrogen (secondary N) is 1. The number of hydrogen-bond acceptors (Lipinski definition) is 7. The van der Waals surface area contributed by atoms with E-state index in [-0.39, 0.29) is 23.6 Å². The lowest BCUT2D eigenvalue weighted by Crippen LogP contribution is -2.25. The molecule has 0 aliphatic rings. The Kier molecular flexibility index (Phi) is 6.70. The third-order valence-electron chi connectivity index (χ3n) is 5.77. The molecule has 8 nitrogen and oxygen atoms in total. The molecule has 1 N–H and O–H groups in total. The monoisotopic (exact) mass is 513 g/mol. The Morgan fingerprint density at radius 2 is 1.70 bits per heavy atom. The molecule has 0 saturated heterocycles. The average Bonchev–Trinajstić information content (AvgIpc) is 3.33. The van der Waals surface area contributed by atoms with Crippen LogP contribution >= 0.6 is 11.3 Å². The van der Waals surface area contributed by atoms with Gasteiger partial charge in [0.1, 0.15) is 10.8 Å². The fourth-order valence-corrected chi connectivity index (χ4v) is 5.04. The summed E-state index contributed by atoms with van der Waals surface area (Å²) in [6.07, 6.45) is 0. The summed E-state index contributed by atoms with van der Waals surface area (Å²) in [6, 6.07) is 19.9. The average molecular weight is 514 g/mol. The van der Waals surface area contributed by atoms with Gasteiger partial charge >= 0.3 is 5.97 Å². The van der Waals surface area contributed by atoms with Crippen LogP contribution in [0.5, 0.6) is 5.75 Å². The molecular formula is C28H23N3O5S. The molecule has 0 radical (unpaired) electrons. The molecule has 186 valence electrons. The zero-order valence-electron chi connectivity index (χ0n) is 20.2. The van der Waals surface area contributed by atoms with Crippen molar-refractivity contribution in [3.8, 4) is 11.4 Å². The summed E-state index contributed by atoms with van der Waals surface area (Å²) in [5.41, 5.74) is 0.443. The lowest BCUT2D eigenvalue weighted by Gasteiger charge is -2.11. The number of amides is 1. The topological polar surface area (TPSA) is 99.5 Å². The van der Waals surface area contributed by atoms with E-state index in [0.717, 1.165) is 26.8 Å². The van der Waals surface area contributed by atoms with Crippen LogP contribution in [0, 0.1) is 0 Å². The smallest absolute Gasteiger partial charge is 0.359 e. The summed E-state index contributed by atoms with van der Waals surface area (Å²) in [4.78, 5) is 39.8. The quantitative estimate of drug-likeness (QED) is 0.292. The van der Waals surface area contributed by atoms with E-state index >= 15 is 0 Å². The molecule has 9 heteroatoms. The van der Waals surface area contributed by atoms with Gasteiger partial charge in [-0.2, -0.15) is 9.78 Å². The lowest BCUT2D eigenvalue weighted by atomic mass is 10.0. The van der Waals surface area contributed by atoms with Crippen LogP contribution in [0.4, 0.5) is 5.00 Å². The van der Waals surface area contributed by atoms with E-state index in [1.54, 1.807) is 42.6 Å². The number of rotatable bonds is 7. The molecule has 5 rings (SSSR count). The molecule has 3 aromatic carbocycles. The van der Waals surface area contributed by atoms with Crippen molar-refractivity contribution in [3.05, 3.63) is 93.7 Å². The van der Waals surface area contributed by atoms with Crippen molar-refractivity contribution < 1.29 is 19.1 Å². The van der Waals surface area contributed by atoms with Crippen LogP contribution in [0.25, 0.3) is 27.2 Å². The first kappa shape index (κ1) is 24.2. The highest BCUT2D eigenvalue weighted by atomic mass is 32.1. The first-order valence-electron chi connectivity index (χ1n) is 11.8. The minimum Gasteiger partial charge on any atom is -0.494 e. The van der Waals surface area contributed by atoms with Crippen LogP contribution in [0.15, 0.2) is 76.9 Å². The summed E-state index contributed by atoms with van der Waals surface area (Å²) in [5.74, 6) is -0.372. The minimum atomic E-state index is -0.656. The number of aromatic nitrogens is 2. The second-order valence-corrected chi connectivity index (χ2v) is 8.93. The van der Waals surface area contributed by atoms with Crippen molar-refractivity contribution in [1.82, 2.24) is 9.78 Å². The van der Waals surface area contributed by atoms with Gasteiger partial charge in [-0.05, 0) is 55.0 Å². The number of nitrogens with zero attached hydrogens (tertiary/aromatic N) is 2. The van der Waals surface area contributed by atoms with Gasteiger partial charge in [-0.1, -0.05) is 36.4 Å². The molecule has 0 aliphatic carbocycles. The van der Waals surface area contributed by atoms with Crippen molar-refractivity contribution in [3.63, 3.8) is 0 Å². The standard InChI is InChI=1S/C28H23N3O5S/c1-3-35-19-14-12-18(13-15-19)31-27(33)23-22(24(30-31)28(34)36-4-2)16-37-26(23)29-25(32)21-11-7-9-17-8-5-6-10-20(17)21/h5-16H,3-4H2,1-2H3,(H,29,32). The van der Waals surface area contributed by atoms with Crippen molar-refractivity contribution in [2.45, 2.75) is 13.8 Å². The van der Waals surface area contributed by atoms with Crippen LogP contribution < -0.4 is 15.6 Å². The molecule has 0 unspecified atom stereocenters. The molecule has 0 spiro atoms. The molecule has 0 bridgehead atoms. The first-order chi connectivity index (χ1) is 18.0. The molecule has 1 amide bonds. The number of carbonyl (C=O) groups excluding carboxylic acids is 2. The Bertz CT molecular complexity index is 1680. The van der Waals surface area contributed by atoms with Crippen molar-refractivity contribution in [2.75, 3.05) is 18.5 Å². The van der Waals surface area contributed by atoms with Gasteiger partial charge in [0.25, 0.3) is 11.5 Å². The van der Waals surface area contributed by atoms with E-state index in [4.69, 9.17) is 9.47 Å². The number of anilines is 1.